The Kier molecular flexibility index (Phi) is 3.73. The van der Waals surface area contributed by atoms with Crippen molar-refractivity contribution in [3.8, 4) is 0 Å². The minimum Gasteiger partial charge on any atom is -0.382 e. The summed E-state index contributed by atoms with van der Waals surface area (Å²) in [5, 5.41) is 42.5. The van der Waals surface area contributed by atoms with Gasteiger partial charge in [-0.1, -0.05) is 0 Å². The van der Waals surface area contributed by atoms with Crippen LogP contribution in [-0.4, -0.2) is 78.8 Å². The molecular weight excluding hydrogens is 326 g/mol. The van der Waals surface area contributed by atoms with Crippen molar-refractivity contribution in [3.05, 3.63) is 0 Å². The molecule has 10 nitrogen and oxygen atoms in total. The highest BCUT2D eigenvalue weighted by molar-refractivity contribution is 6.01. The molecule has 0 aromatic rings. The zero-order valence-electron chi connectivity index (χ0n) is 16.5. The van der Waals surface area contributed by atoms with Crippen LogP contribution in [-0.2, 0) is 23.9 Å². The van der Waals surface area contributed by atoms with Gasteiger partial charge in [0.15, 0.2) is 34.3 Å². The first-order valence-electron chi connectivity index (χ1n) is 9.25. The van der Waals surface area contributed by atoms with Crippen LogP contribution < -0.4 is 5.73 Å². The smallest absolute Gasteiger partial charge is 0.245 e. The van der Waals surface area contributed by atoms with Gasteiger partial charge in [0.2, 0.25) is 5.79 Å². The van der Waals surface area contributed by atoms with Crippen molar-refractivity contribution >= 4 is 23.1 Å². The molecule has 0 bridgehead atoms. The highest BCUT2D eigenvalue weighted by Gasteiger charge is 2.75. The van der Waals surface area contributed by atoms with Crippen molar-refractivity contribution in [1.29, 1.82) is 0 Å². The second-order valence-electron chi connectivity index (χ2n) is 5.43. The van der Waals surface area contributed by atoms with Crippen molar-refractivity contribution in [2.24, 2.45) is 5.73 Å². The van der Waals surface area contributed by atoms with Gasteiger partial charge in [0.25, 0.3) is 0 Å². The number of aliphatic hydroxyl groups excluding tert-OH is 1. The Labute approximate surface area is 142 Å². The Morgan fingerprint density at radius 1 is 1.00 bits per heavy atom. The van der Waals surface area contributed by atoms with E-state index in [0.717, 1.165) is 0 Å². The van der Waals surface area contributed by atoms with Gasteiger partial charge in [0, 0.05) is 12.4 Å². The fourth-order valence-electron chi connectivity index (χ4n) is 2.55. The van der Waals surface area contributed by atoms with Crippen LogP contribution >= 0.6 is 0 Å². The molecule has 0 aromatic carbocycles. The first kappa shape index (κ1) is 14.8. The van der Waals surface area contributed by atoms with Crippen LogP contribution in [0.3, 0.4) is 0 Å². The third kappa shape index (κ3) is 2.42. The van der Waals surface area contributed by atoms with Crippen molar-refractivity contribution in [2.75, 3.05) is 0 Å². The van der Waals surface area contributed by atoms with Gasteiger partial charge in [-0.05, 0) is 20.7 Å². The summed E-state index contributed by atoms with van der Waals surface area (Å²) in [6.45, 7) is -4.97. The standard InChI is InChI=1S/C14H21NO9/c1-5(16)9(20)10-12(21,6(2)17)13(22,7(3)18)11(15)14(23,24-10)8(4)19/h9-11,20-23H,15H2,1-4H3/t9?,10-,11-,12-,13-,14?/m1/s1/i1D,2D,3D,4D. The monoisotopic (exact) mass is 351 g/mol. The Morgan fingerprint density at radius 2 is 1.50 bits per heavy atom. The molecule has 0 amide bonds. The number of hydrogen-bond donors (Lipinski definition) is 5. The maximum atomic E-state index is 12.3. The van der Waals surface area contributed by atoms with Crippen LogP contribution in [0.1, 0.15) is 33.1 Å². The number of nitrogens with two attached hydrogens (primary N) is 1. The molecule has 136 valence electrons. The zero-order valence-corrected chi connectivity index (χ0v) is 12.5. The van der Waals surface area contributed by atoms with Crippen molar-refractivity contribution in [2.45, 2.75) is 62.8 Å². The number of ketones is 4. The van der Waals surface area contributed by atoms with Crippen LogP contribution in [0.5, 0.6) is 0 Å². The van der Waals surface area contributed by atoms with Gasteiger partial charge in [-0.2, -0.15) is 0 Å². The molecule has 0 aliphatic carbocycles. The summed E-state index contributed by atoms with van der Waals surface area (Å²) in [5.74, 6) is -9.71. The third-order valence-corrected chi connectivity index (χ3v) is 4.04. The number of carbonyl (C=O) groups is 4. The van der Waals surface area contributed by atoms with E-state index in [4.69, 9.17) is 16.0 Å². The minimum absolute atomic E-state index is 1.12. The third-order valence-electron chi connectivity index (χ3n) is 4.04. The molecule has 24 heavy (non-hydrogen) atoms. The van der Waals surface area contributed by atoms with Crippen LogP contribution in [0.2, 0.25) is 0 Å². The molecule has 6 atom stereocenters. The Morgan fingerprint density at radius 3 is 1.96 bits per heavy atom. The van der Waals surface area contributed by atoms with Crippen molar-refractivity contribution < 1.29 is 49.8 Å². The summed E-state index contributed by atoms with van der Waals surface area (Å²) < 4.78 is 33.3. The van der Waals surface area contributed by atoms with E-state index in [1.54, 1.807) is 0 Å². The lowest BCUT2D eigenvalue weighted by Gasteiger charge is -2.56. The van der Waals surface area contributed by atoms with Gasteiger partial charge in [-0.25, -0.2) is 0 Å². The first-order valence-corrected chi connectivity index (χ1v) is 6.42. The molecule has 1 aliphatic rings. The lowest BCUT2D eigenvalue weighted by molar-refractivity contribution is -0.341. The van der Waals surface area contributed by atoms with E-state index in [9.17, 15) is 39.6 Å². The van der Waals surface area contributed by atoms with Gasteiger partial charge in [-0.15, -0.1) is 0 Å². The average Bonchev–Trinajstić information content (AvgIpc) is 2.71. The SMILES string of the molecule is [2H]CC(=O)C(O)[C@H]1OC(O)(C(=O)C[2H])[C@H](N)[C@](O)(C(=O)C[2H])[C@@]1(O)C(=O)C[2H]. The predicted molar refractivity (Wildman–Crippen MR) is 76.4 cm³/mol. The minimum atomic E-state index is -3.64. The second-order valence-corrected chi connectivity index (χ2v) is 5.43. The maximum absolute atomic E-state index is 12.3. The summed E-state index contributed by atoms with van der Waals surface area (Å²) in [6, 6.07) is -2.62. The zero-order chi connectivity index (χ0) is 22.1. The van der Waals surface area contributed by atoms with E-state index >= 15 is 0 Å². The largest absolute Gasteiger partial charge is 0.382 e. The number of carbonyl (C=O) groups excluding carboxylic acids is 4. The number of hydrogen-bond acceptors (Lipinski definition) is 10. The summed E-state index contributed by atoms with van der Waals surface area (Å²) in [7, 11) is 0. The molecule has 1 rings (SSSR count). The van der Waals surface area contributed by atoms with E-state index in [2.05, 4.69) is 0 Å². The first-order chi connectivity index (χ1) is 12.8. The van der Waals surface area contributed by atoms with Gasteiger partial charge < -0.3 is 30.9 Å². The van der Waals surface area contributed by atoms with E-state index in [1.165, 1.54) is 0 Å². The lowest BCUT2D eigenvalue weighted by atomic mass is 9.63. The summed E-state index contributed by atoms with van der Waals surface area (Å²) in [5.41, 5.74) is -1.69. The van der Waals surface area contributed by atoms with Crippen molar-refractivity contribution in [1.82, 2.24) is 0 Å². The number of rotatable bonds is 5. The molecule has 1 fully saturated rings. The van der Waals surface area contributed by atoms with Gasteiger partial charge in [-0.3, -0.25) is 19.2 Å². The molecule has 1 heterocycles. The summed E-state index contributed by atoms with van der Waals surface area (Å²) in [4.78, 5) is 48.5. The molecule has 0 spiro atoms. The normalized spacial score (nSPS) is 42.9. The van der Waals surface area contributed by atoms with E-state index in [1.807, 2.05) is 0 Å². The molecule has 0 saturated carbocycles. The fourth-order valence-corrected chi connectivity index (χ4v) is 2.55. The topological polar surface area (TPSA) is 184 Å². The predicted octanol–water partition coefficient (Wildman–Crippen LogP) is -3.42. The van der Waals surface area contributed by atoms with Crippen LogP contribution in [0.15, 0.2) is 0 Å². The Hall–Kier alpha value is -1.56. The molecule has 0 radical (unpaired) electrons. The van der Waals surface area contributed by atoms with E-state index < -0.39 is 86.0 Å². The van der Waals surface area contributed by atoms with E-state index in [-0.39, 0.29) is 0 Å². The quantitative estimate of drug-likeness (QED) is 0.334. The molecule has 10 heteroatoms. The number of ether oxygens (including phenoxy) is 1. The molecule has 1 saturated heterocycles. The van der Waals surface area contributed by atoms with Gasteiger partial charge >= 0.3 is 0 Å². The Balaban J connectivity index is 3.89. The highest BCUT2D eigenvalue weighted by atomic mass is 16.7. The lowest BCUT2D eigenvalue weighted by Crippen LogP contribution is -2.86. The van der Waals surface area contributed by atoms with Gasteiger partial charge in [0.05, 0.1) is 0 Å². The maximum Gasteiger partial charge on any atom is 0.245 e. The Bertz CT molecular complexity index is 659. The molecule has 6 N–H and O–H groups in total. The second kappa shape index (κ2) is 6.06. The fraction of sp³-hybridized carbons (Fsp3) is 0.714. The van der Waals surface area contributed by atoms with Gasteiger partial charge in [0.1, 0.15) is 18.2 Å². The van der Waals surface area contributed by atoms with Crippen LogP contribution in [0.4, 0.5) is 0 Å². The molecular formula is C14H21NO9. The number of Topliss-reactive ketones (excluding diaryl/α,β-unsaturated/α-hetero) is 4. The molecule has 1 aliphatic heterocycles. The summed E-state index contributed by atoms with van der Waals surface area (Å²) in [6.07, 6.45) is -5.32. The van der Waals surface area contributed by atoms with Crippen molar-refractivity contribution in [3.63, 3.8) is 0 Å². The highest BCUT2D eigenvalue weighted by Crippen LogP contribution is 2.44. The summed E-state index contributed by atoms with van der Waals surface area (Å²) >= 11 is 0. The average molecular weight is 351 g/mol. The van der Waals surface area contributed by atoms with Crippen LogP contribution in [0, 0.1) is 0 Å². The number of aliphatic hydroxyl groups is 4. The molecule has 0 aromatic heterocycles. The molecule has 2 unspecified atom stereocenters. The van der Waals surface area contributed by atoms with Crippen LogP contribution in [0.25, 0.3) is 0 Å². The van der Waals surface area contributed by atoms with E-state index in [0.29, 0.717) is 0 Å².